The van der Waals surface area contributed by atoms with Crippen LogP contribution in [0.3, 0.4) is 0 Å². The Hall–Kier alpha value is -0.0800. The van der Waals surface area contributed by atoms with Crippen LogP contribution >= 0.6 is 23.5 Å². The van der Waals surface area contributed by atoms with Crippen LogP contribution in [0.25, 0.3) is 0 Å². The number of benzene rings is 1. The van der Waals surface area contributed by atoms with E-state index in [1.807, 2.05) is 0 Å². The molecular weight excluding hydrogens is 533 g/mol. The smallest absolute Gasteiger partial charge is 0.0395 e. The average molecular weight is 605 g/mol. The van der Waals surface area contributed by atoms with E-state index in [2.05, 4.69) is 166 Å². The maximum atomic E-state index is 2.55. The number of rotatable bonds is 15. The van der Waals surface area contributed by atoms with E-state index >= 15 is 0 Å². The largest absolute Gasteiger partial charge is 0.151 e. The molecule has 0 aromatic heterocycles. The summed E-state index contributed by atoms with van der Waals surface area (Å²) in [4.78, 5) is 0. The first-order valence-electron chi connectivity index (χ1n) is 16.5. The molecule has 240 valence electrons. The standard InChI is InChI=1S/C39H72S2/c1-28(2)33(41-27-40-23-30(4)22-36(11,12)24-34(5,6)7)39(17,18)26-37(13,14)25-38(15,16)32-20-29(3)19-31(21-32)35(8,9)10/h19-21,28,30,33H,22-27H2,1-18H3. The van der Waals surface area contributed by atoms with E-state index in [0.29, 0.717) is 22.0 Å². The lowest BCUT2D eigenvalue weighted by Gasteiger charge is -2.45. The van der Waals surface area contributed by atoms with E-state index in [4.69, 9.17) is 0 Å². The zero-order valence-corrected chi connectivity index (χ0v) is 32.7. The Morgan fingerprint density at radius 3 is 1.68 bits per heavy atom. The van der Waals surface area contributed by atoms with Gasteiger partial charge in [0.1, 0.15) is 0 Å². The molecule has 1 aromatic carbocycles. The first-order valence-corrected chi connectivity index (χ1v) is 18.7. The molecule has 0 aliphatic rings. The molecule has 0 radical (unpaired) electrons. The third kappa shape index (κ3) is 14.0. The van der Waals surface area contributed by atoms with Crippen molar-refractivity contribution in [1.29, 1.82) is 0 Å². The number of hydrogen-bond acceptors (Lipinski definition) is 2. The summed E-state index contributed by atoms with van der Waals surface area (Å²) in [5.74, 6) is 2.72. The van der Waals surface area contributed by atoms with Gasteiger partial charge in [-0.1, -0.05) is 141 Å². The first kappa shape index (κ1) is 38.9. The summed E-state index contributed by atoms with van der Waals surface area (Å²) in [5.41, 5.74) is 6.02. The molecule has 0 N–H and O–H groups in total. The van der Waals surface area contributed by atoms with Crippen LogP contribution in [0, 0.1) is 40.4 Å². The highest BCUT2D eigenvalue weighted by Crippen LogP contribution is 2.49. The van der Waals surface area contributed by atoms with Gasteiger partial charge in [0.15, 0.2) is 0 Å². The van der Waals surface area contributed by atoms with Gasteiger partial charge in [0.25, 0.3) is 0 Å². The van der Waals surface area contributed by atoms with Crippen LogP contribution in [0.15, 0.2) is 18.2 Å². The molecule has 2 atom stereocenters. The fourth-order valence-electron chi connectivity index (χ4n) is 8.50. The highest BCUT2D eigenvalue weighted by Gasteiger charge is 2.40. The monoisotopic (exact) mass is 605 g/mol. The Bertz CT molecular complexity index is 933. The summed E-state index contributed by atoms with van der Waals surface area (Å²) in [6.45, 7) is 43.8. The SMILES string of the molecule is Cc1cc(C(C)(C)C)cc(C(C)(C)CC(C)(C)CC(C)(C)C(SCSCC(C)CC(C)(C)CC(C)(C)C)C(C)C)c1. The summed E-state index contributed by atoms with van der Waals surface area (Å²) in [7, 11) is 0. The predicted octanol–water partition coefficient (Wildman–Crippen LogP) is 13.3. The average Bonchev–Trinajstić information content (AvgIpc) is 2.67. The molecule has 0 bridgehead atoms. The van der Waals surface area contributed by atoms with Crippen LogP contribution in [-0.4, -0.2) is 16.1 Å². The molecule has 0 spiro atoms. The molecule has 1 rings (SSSR count). The van der Waals surface area contributed by atoms with E-state index < -0.39 is 0 Å². The Morgan fingerprint density at radius 2 is 1.20 bits per heavy atom. The van der Waals surface area contributed by atoms with Gasteiger partial charge in [-0.3, -0.25) is 0 Å². The minimum atomic E-state index is 0.138. The Labute approximate surface area is 268 Å². The molecule has 0 fully saturated rings. The number of aryl methyl sites for hydroxylation is 1. The topological polar surface area (TPSA) is 0 Å². The van der Waals surface area contributed by atoms with Crippen molar-refractivity contribution in [3.05, 3.63) is 34.9 Å². The molecule has 0 amide bonds. The van der Waals surface area contributed by atoms with Crippen molar-refractivity contribution >= 4 is 23.5 Å². The lowest BCUT2D eigenvalue weighted by atomic mass is 9.64. The van der Waals surface area contributed by atoms with Crippen LogP contribution in [0.1, 0.15) is 160 Å². The van der Waals surface area contributed by atoms with E-state index in [1.54, 1.807) is 0 Å². The summed E-state index contributed by atoms with van der Waals surface area (Å²) >= 11 is 4.41. The lowest BCUT2D eigenvalue weighted by molar-refractivity contribution is 0.139. The molecule has 41 heavy (non-hydrogen) atoms. The van der Waals surface area contributed by atoms with E-state index in [0.717, 1.165) is 5.92 Å². The predicted molar refractivity (Wildman–Crippen MR) is 195 cm³/mol. The number of hydrogen-bond donors (Lipinski definition) is 0. The van der Waals surface area contributed by atoms with Crippen LogP contribution in [-0.2, 0) is 10.8 Å². The Kier molecular flexibility index (Phi) is 13.6. The fraction of sp³-hybridized carbons (Fsp3) is 0.846. The minimum absolute atomic E-state index is 0.138. The maximum Gasteiger partial charge on any atom is 0.0395 e. The summed E-state index contributed by atoms with van der Waals surface area (Å²) in [6.07, 6.45) is 5.06. The summed E-state index contributed by atoms with van der Waals surface area (Å²) < 4.78 is 0. The molecule has 0 aliphatic carbocycles. The van der Waals surface area contributed by atoms with Crippen molar-refractivity contribution in [2.45, 2.75) is 166 Å². The van der Waals surface area contributed by atoms with Crippen LogP contribution in [0.2, 0.25) is 0 Å². The molecule has 0 saturated carbocycles. The van der Waals surface area contributed by atoms with Gasteiger partial charge in [0.05, 0.1) is 0 Å². The van der Waals surface area contributed by atoms with Gasteiger partial charge in [0.2, 0.25) is 0 Å². The normalized spacial score (nSPS) is 15.9. The van der Waals surface area contributed by atoms with E-state index in [9.17, 15) is 0 Å². The van der Waals surface area contributed by atoms with Crippen molar-refractivity contribution in [3.63, 3.8) is 0 Å². The second-order valence-corrected chi connectivity index (χ2v) is 21.8. The second kappa shape index (κ2) is 14.3. The third-order valence-corrected chi connectivity index (χ3v) is 12.2. The van der Waals surface area contributed by atoms with Gasteiger partial charge in [-0.25, -0.2) is 0 Å². The zero-order chi connectivity index (χ0) is 32.2. The lowest BCUT2D eigenvalue weighted by Crippen LogP contribution is -2.38. The Morgan fingerprint density at radius 1 is 0.659 bits per heavy atom. The van der Waals surface area contributed by atoms with Crippen molar-refractivity contribution in [2.24, 2.45) is 33.5 Å². The summed E-state index contributed by atoms with van der Waals surface area (Å²) in [6, 6.07) is 7.30. The van der Waals surface area contributed by atoms with Crippen molar-refractivity contribution in [2.75, 3.05) is 10.8 Å². The molecule has 0 heterocycles. The van der Waals surface area contributed by atoms with Crippen LogP contribution in [0.5, 0.6) is 0 Å². The summed E-state index contributed by atoms with van der Waals surface area (Å²) in [5, 5.41) is 1.87. The Balaban J connectivity index is 2.87. The van der Waals surface area contributed by atoms with Gasteiger partial charge < -0.3 is 0 Å². The molecular formula is C39H72S2. The van der Waals surface area contributed by atoms with E-state index in [-0.39, 0.29) is 21.7 Å². The quantitative estimate of drug-likeness (QED) is 0.144. The molecule has 0 aliphatic heterocycles. The van der Waals surface area contributed by atoms with Crippen molar-refractivity contribution < 1.29 is 0 Å². The number of thioether (sulfide) groups is 2. The maximum absolute atomic E-state index is 2.55. The van der Waals surface area contributed by atoms with Crippen molar-refractivity contribution in [1.82, 2.24) is 0 Å². The molecule has 2 unspecified atom stereocenters. The zero-order valence-electron chi connectivity index (χ0n) is 31.0. The van der Waals surface area contributed by atoms with Crippen LogP contribution < -0.4 is 0 Å². The van der Waals surface area contributed by atoms with E-state index in [1.165, 1.54) is 53.2 Å². The second-order valence-electron chi connectivity index (χ2n) is 19.3. The molecule has 2 heteroatoms. The van der Waals surface area contributed by atoms with Crippen LogP contribution in [0.4, 0.5) is 0 Å². The fourth-order valence-corrected chi connectivity index (χ4v) is 11.3. The highest BCUT2D eigenvalue weighted by molar-refractivity contribution is 8.16. The van der Waals surface area contributed by atoms with Gasteiger partial charge in [-0.05, 0) is 93.8 Å². The third-order valence-electron chi connectivity index (χ3n) is 8.60. The minimum Gasteiger partial charge on any atom is -0.151 e. The molecule has 1 aromatic rings. The first-order chi connectivity index (χ1) is 18.2. The van der Waals surface area contributed by atoms with Crippen molar-refractivity contribution in [3.8, 4) is 0 Å². The molecule has 0 saturated heterocycles. The van der Waals surface area contributed by atoms with Gasteiger partial charge >= 0.3 is 0 Å². The van der Waals surface area contributed by atoms with Gasteiger partial charge in [0, 0.05) is 10.3 Å². The highest BCUT2D eigenvalue weighted by atomic mass is 32.2. The molecule has 0 nitrogen and oxygen atoms in total. The van der Waals surface area contributed by atoms with Gasteiger partial charge in [-0.15, -0.1) is 11.8 Å². The van der Waals surface area contributed by atoms with Gasteiger partial charge in [-0.2, -0.15) is 11.8 Å².